The summed E-state index contributed by atoms with van der Waals surface area (Å²) in [6, 6.07) is 3.23. The summed E-state index contributed by atoms with van der Waals surface area (Å²) in [6.45, 7) is 1.54. The number of β-amino-alcohol motifs (C(OH)–C–C–N with tert-alkyl or cyclic N) is 1. The predicted molar refractivity (Wildman–Crippen MR) is 84.9 cm³/mol. The largest absolute Gasteiger partial charge is 0.393 e. The number of likely N-dealkylation sites (tertiary alicyclic amines) is 1. The normalized spacial score (nSPS) is 21.3. The van der Waals surface area contributed by atoms with Crippen LogP contribution in [-0.2, 0) is 5.60 Å². The standard InChI is InChI=1S/C16H22F2N4O2/c1-20(22-11-19-22)9-16(24,10-21-6-4-13(23)5-7-21)14-3-2-12(17)8-15(14)18/h2-3,8,11,13,23-24H,4-7,9-10H2,1H3. The lowest BCUT2D eigenvalue weighted by atomic mass is 9.91. The second kappa shape index (κ2) is 6.72. The highest BCUT2D eigenvalue weighted by atomic mass is 19.1. The minimum atomic E-state index is -1.53. The summed E-state index contributed by atoms with van der Waals surface area (Å²) in [5.41, 5.74) is -1.47. The van der Waals surface area contributed by atoms with Crippen LogP contribution in [0.15, 0.2) is 23.3 Å². The first kappa shape index (κ1) is 17.2. The van der Waals surface area contributed by atoms with Crippen molar-refractivity contribution in [1.82, 2.24) is 15.0 Å². The number of hydrazone groups is 1. The first-order valence-corrected chi connectivity index (χ1v) is 8.00. The van der Waals surface area contributed by atoms with Gasteiger partial charge in [-0.05, 0) is 18.9 Å². The highest BCUT2D eigenvalue weighted by molar-refractivity contribution is 5.64. The Morgan fingerprint density at radius 3 is 2.58 bits per heavy atom. The minimum absolute atomic E-state index is 0.0590. The molecule has 132 valence electrons. The fourth-order valence-electron chi connectivity index (χ4n) is 3.18. The van der Waals surface area contributed by atoms with Crippen molar-refractivity contribution in [2.24, 2.45) is 5.10 Å². The molecule has 6 nitrogen and oxygen atoms in total. The highest BCUT2D eigenvalue weighted by Gasteiger charge is 2.38. The molecule has 3 rings (SSSR count). The van der Waals surface area contributed by atoms with E-state index in [1.807, 2.05) is 4.90 Å². The first-order valence-electron chi connectivity index (χ1n) is 8.00. The fraction of sp³-hybridized carbons (Fsp3) is 0.562. The zero-order valence-corrected chi connectivity index (χ0v) is 13.6. The van der Waals surface area contributed by atoms with Crippen molar-refractivity contribution in [2.75, 3.05) is 33.2 Å². The van der Waals surface area contributed by atoms with Gasteiger partial charge < -0.3 is 10.2 Å². The molecule has 2 aliphatic heterocycles. The molecule has 1 aromatic rings. The van der Waals surface area contributed by atoms with Gasteiger partial charge in [0.1, 0.15) is 17.2 Å². The Morgan fingerprint density at radius 1 is 1.33 bits per heavy atom. The second-order valence-corrected chi connectivity index (χ2v) is 6.53. The van der Waals surface area contributed by atoms with Gasteiger partial charge in [0.2, 0.25) is 0 Å². The van der Waals surface area contributed by atoms with Crippen molar-refractivity contribution < 1.29 is 19.0 Å². The maximum atomic E-state index is 14.3. The Kier molecular flexibility index (Phi) is 4.82. The van der Waals surface area contributed by atoms with Gasteiger partial charge in [-0.15, -0.1) is 5.10 Å². The van der Waals surface area contributed by atoms with Gasteiger partial charge in [-0.25, -0.2) is 8.78 Å². The van der Waals surface area contributed by atoms with Crippen LogP contribution in [0.3, 0.4) is 0 Å². The van der Waals surface area contributed by atoms with E-state index in [1.54, 1.807) is 23.5 Å². The Balaban J connectivity index is 1.81. The fourth-order valence-corrected chi connectivity index (χ4v) is 3.18. The Labute approximate surface area is 139 Å². The Bertz CT molecular complexity index is 616. The van der Waals surface area contributed by atoms with Gasteiger partial charge in [0.15, 0.2) is 6.34 Å². The van der Waals surface area contributed by atoms with Crippen molar-refractivity contribution in [3.05, 3.63) is 35.4 Å². The minimum Gasteiger partial charge on any atom is -0.393 e. The Hall–Kier alpha value is -1.61. The van der Waals surface area contributed by atoms with Crippen LogP contribution in [0.25, 0.3) is 0 Å². The average molecular weight is 340 g/mol. The molecule has 1 atom stereocenters. The van der Waals surface area contributed by atoms with Crippen LogP contribution < -0.4 is 0 Å². The summed E-state index contributed by atoms with van der Waals surface area (Å²) in [5.74, 6) is -1.45. The molecule has 0 aliphatic carbocycles. The molecule has 2 N–H and O–H groups in total. The smallest absolute Gasteiger partial charge is 0.152 e. The SMILES string of the molecule is CN(CC(O)(CN1CCC(O)CC1)c1ccc(F)cc1F)N1C=N1. The quantitative estimate of drug-likeness (QED) is 0.799. The van der Waals surface area contributed by atoms with E-state index in [0.717, 1.165) is 12.1 Å². The molecule has 1 aromatic carbocycles. The van der Waals surface area contributed by atoms with Crippen LogP contribution in [-0.4, -0.2) is 70.9 Å². The van der Waals surface area contributed by atoms with Gasteiger partial charge in [0.25, 0.3) is 0 Å². The van der Waals surface area contributed by atoms with Gasteiger partial charge in [-0.1, -0.05) is 6.07 Å². The van der Waals surface area contributed by atoms with E-state index in [9.17, 15) is 19.0 Å². The zero-order valence-electron chi connectivity index (χ0n) is 13.6. The zero-order chi connectivity index (χ0) is 17.3. The number of aliphatic hydroxyl groups excluding tert-OH is 1. The average Bonchev–Trinajstić information content (AvgIpc) is 3.34. The topological polar surface area (TPSA) is 62.3 Å². The third-order valence-electron chi connectivity index (χ3n) is 4.53. The maximum absolute atomic E-state index is 14.3. The lowest BCUT2D eigenvalue weighted by Gasteiger charge is -2.39. The molecular formula is C16H22F2N4O2. The molecule has 0 saturated carbocycles. The summed E-state index contributed by atoms with van der Waals surface area (Å²) in [6.07, 6.45) is 2.49. The van der Waals surface area contributed by atoms with Crippen LogP contribution in [0.2, 0.25) is 0 Å². The van der Waals surface area contributed by atoms with Crippen molar-refractivity contribution >= 4 is 6.34 Å². The molecule has 1 fully saturated rings. The number of hydrogen-bond acceptors (Lipinski definition) is 6. The van der Waals surface area contributed by atoms with E-state index in [4.69, 9.17) is 0 Å². The molecule has 8 heteroatoms. The third kappa shape index (κ3) is 3.89. The highest BCUT2D eigenvalue weighted by Crippen LogP contribution is 2.29. The molecule has 24 heavy (non-hydrogen) atoms. The van der Waals surface area contributed by atoms with Crippen molar-refractivity contribution in [1.29, 1.82) is 0 Å². The van der Waals surface area contributed by atoms with Crippen LogP contribution in [0.4, 0.5) is 8.78 Å². The van der Waals surface area contributed by atoms with Crippen molar-refractivity contribution in [3.8, 4) is 0 Å². The van der Waals surface area contributed by atoms with E-state index in [-0.39, 0.29) is 24.8 Å². The van der Waals surface area contributed by atoms with Crippen molar-refractivity contribution in [2.45, 2.75) is 24.5 Å². The maximum Gasteiger partial charge on any atom is 0.152 e. The van der Waals surface area contributed by atoms with Crippen LogP contribution in [0.1, 0.15) is 18.4 Å². The summed E-state index contributed by atoms with van der Waals surface area (Å²) in [4.78, 5) is 1.99. The van der Waals surface area contributed by atoms with E-state index >= 15 is 0 Å². The van der Waals surface area contributed by atoms with Crippen LogP contribution in [0.5, 0.6) is 0 Å². The number of hydrazine groups is 1. The van der Waals surface area contributed by atoms with Crippen LogP contribution in [0, 0.1) is 11.6 Å². The van der Waals surface area contributed by atoms with Gasteiger partial charge in [-0.2, -0.15) is 10.1 Å². The molecule has 2 heterocycles. The number of aliphatic hydroxyl groups is 2. The summed E-state index contributed by atoms with van der Waals surface area (Å²) in [5, 5.41) is 28.0. The third-order valence-corrected chi connectivity index (χ3v) is 4.53. The molecular weight excluding hydrogens is 318 g/mol. The molecule has 0 aromatic heterocycles. The summed E-state index contributed by atoms with van der Waals surface area (Å²) in [7, 11) is 1.74. The van der Waals surface area contributed by atoms with E-state index in [0.29, 0.717) is 25.9 Å². The molecule has 1 unspecified atom stereocenters. The number of rotatable bonds is 6. The van der Waals surface area contributed by atoms with Gasteiger partial charge >= 0.3 is 0 Å². The summed E-state index contributed by atoms with van der Waals surface area (Å²) >= 11 is 0. The number of piperidine rings is 1. The lowest BCUT2D eigenvalue weighted by molar-refractivity contribution is -0.0629. The monoisotopic (exact) mass is 340 g/mol. The van der Waals surface area contributed by atoms with Crippen molar-refractivity contribution in [3.63, 3.8) is 0 Å². The number of benzene rings is 1. The number of hydrogen-bond donors (Lipinski definition) is 2. The summed E-state index contributed by atoms with van der Waals surface area (Å²) < 4.78 is 27.5. The Morgan fingerprint density at radius 2 is 2.00 bits per heavy atom. The van der Waals surface area contributed by atoms with Crippen LogP contribution >= 0.6 is 0 Å². The number of nitrogens with zero attached hydrogens (tertiary/aromatic N) is 4. The number of halogens is 2. The van der Waals surface area contributed by atoms with E-state index in [1.165, 1.54) is 6.07 Å². The predicted octanol–water partition coefficient (Wildman–Crippen LogP) is 0.715. The first-order chi connectivity index (χ1) is 11.4. The molecule has 0 bridgehead atoms. The lowest BCUT2D eigenvalue weighted by Crippen LogP contribution is -2.51. The molecule has 0 spiro atoms. The molecule has 0 amide bonds. The second-order valence-electron chi connectivity index (χ2n) is 6.53. The molecule has 1 saturated heterocycles. The molecule has 0 radical (unpaired) electrons. The van der Waals surface area contributed by atoms with Gasteiger partial charge in [0.05, 0.1) is 12.6 Å². The number of likely N-dealkylation sites (N-methyl/N-ethyl adjacent to an activating group) is 1. The van der Waals surface area contributed by atoms with Gasteiger partial charge in [0, 0.05) is 38.3 Å². The van der Waals surface area contributed by atoms with E-state index in [2.05, 4.69) is 5.10 Å². The molecule has 2 aliphatic rings. The van der Waals surface area contributed by atoms with Gasteiger partial charge in [-0.3, -0.25) is 4.90 Å². The van der Waals surface area contributed by atoms with E-state index < -0.39 is 17.2 Å².